The summed E-state index contributed by atoms with van der Waals surface area (Å²) in [4.78, 5) is 20.1. The van der Waals surface area contributed by atoms with Crippen LogP contribution in [-0.4, -0.2) is 25.7 Å². The van der Waals surface area contributed by atoms with Crippen LogP contribution in [0, 0.1) is 6.92 Å². The molecular weight excluding hydrogens is 292 g/mol. The van der Waals surface area contributed by atoms with Crippen LogP contribution in [0.2, 0.25) is 0 Å². The van der Waals surface area contributed by atoms with E-state index in [4.69, 9.17) is 4.74 Å². The van der Waals surface area contributed by atoms with E-state index < -0.39 is 0 Å². The fourth-order valence-electron chi connectivity index (χ4n) is 2.24. The molecular formula is C17H16N4O2. The molecule has 0 amide bonds. The molecule has 2 aromatic heterocycles. The maximum absolute atomic E-state index is 11.8. The predicted octanol–water partition coefficient (Wildman–Crippen LogP) is 2.95. The maximum Gasteiger partial charge on any atom is 0.311 e. The van der Waals surface area contributed by atoms with E-state index in [1.807, 2.05) is 30.3 Å². The minimum atomic E-state index is -0.302. The first kappa shape index (κ1) is 14.9. The van der Waals surface area contributed by atoms with Gasteiger partial charge in [-0.15, -0.1) is 0 Å². The van der Waals surface area contributed by atoms with Crippen molar-refractivity contribution in [3.8, 4) is 22.8 Å². The van der Waals surface area contributed by atoms with E-state index in [9.17, 15) is 4.79 Å². The summed E-state index contributed by atoms with van der Waals surface area (Å²) in [7, 11) is 0. The lowest BCUT2D eigenvalue weighted by Crippen LogP contribution is -2.07. The normalized spacial score (nSPS) is 10.5. The number of carbonyl (C=O) groups is 1. The van der Waals surface area contributed by atoms with Gasteiger partial charge in [0, 0.05) is 24.4 Å². The quantitative estimate of drug-likeness (QED) is 0.693. The van der Waals surface area contributed by atoms with Crippen molar-refractivity contribution >= 4 is 5.97 Å². The molecule has 0 aliphatic rings. The second kappa shape index (κ2) is 6.39. The summed E-state index contributed by atoms with van der Waals surface area (Å²) in [6, 6.07) is 9.64. The van der Waals surface area contributed by atoms with Crippen molar-refractivity contribution < 1.29 is 9.53 Å². The van der Waals surface area contributed by atoms with Gasteiger partial charge in [0.2, 0.25) is 0 Å². The van der Waals surface area contributed by atoms with Gasteiger partial charge in [-0.05, 0) is 6.92 Å². The Bertz CT molecular complexity index is 813. The van der Waals surface area contributed by atoms with Crippen LogP contribution in [0.5, 0.6) is 5.75 Å². The fraction of sp³-hybridized carbons (Fsp3) is 0.176. The summed E-state index contributed by atoms with van der Waals surface area (Å²) in [5.74, 6) is 0.714. The molecule has 1 aromatic carbocycles. The van der Waals surface area contributed by atoms with Crippen LogP contribution < -0.4 is 4.74 Å². The number of hydrogen-bond acceptors (Lipinski definition) is 5. The zero-order valence-electron chi connectivity index (χ0n) is 12.9. The Morgan fingerprint density at radius 2 is 2.00 bits per heavy atom. The van der Waals surface area contributed by atoms with Crippen LogP contribution in [0.1, 0.15) is 19.0 Å². The molecule has 0 spiro atoms. The number of benzene rings is 1. The van der Waals surface area contributed by atoms with Crippen molar-refractivity contribution in [1.82, 2.24) is 19.7 Å². The SMILES string of the molecule is CCC(=O)Oc1c(C)nn(-c2cnccn2)c1-c1ccccc1. The van der Waals surface area contributed by atoms with Crippen molar-refractivity contribution in [3.05, 3.63) is 54.6 Å². The first-order valence-electron chi connectivity index (χ1n) is 7.32. The van der Waals surface area contributed by atoms with Crippen molar-refractivity contribution in [2.75, 3.05) is 0 Å². The van der Waals surface area contributed by atoms with Crippen LogP contribution in [0.4, 0.5) is 0 Å². The fourth-order valence-corrected chi connectivity index (χ4v) is 2.24. The van der Waals surface area contributed by atoms with Gasteiger partial charge >= 0.3 is 5.97 Å². The van der Waals surface area contributed by atoms with Crippen LogP contribution in [0.25, 0.3) is 17.1 Å². The highest BCUT2D eigenvalue weighted by Crippen LogP contribution is 2.34. The van der Waals surface area contributed by atoms with Crippen molar-refractivity contribution in [2.24, 2.45) is 0 Å². The molecule has 0 aliphatic heterocycles. The zero-order chi connectivity index (χ0) is 16.2. The highest BCUT2D eigenvalue weighted by Gasteiger charge is 2.22. The minimum absolute atomic E-state index is 0.296. The molecule has 0 saturated carbocycles. The van der Waals surface area contributed by atoms with Gasteiger partial charge in [0.1, 0.15) is 11.4 Å². The lowest BCUT2D eigenvalue weighted by molar-refractivity contribution is -0.134. The van der Waals surface area contributed by atoms with Crippen LogP contribution in [-0.2, 0) is 4.79 Å². The smallest absolute Gasteiger partial charge is 0.311 e. The topological polar surface area (TPSA) is 69.9 Å². The van der Waals surface area contributed by atoms with E-state index in [1.54, 1.807) is 37.1 Å². The summed E-state index contributed by atoms with van der Waals surface area (Å²) in [5.41, 5.74) is 2.19. The Morgan fingerprint density at radius 1 is 1.22 bits per heavy atom. The van der Waals surface area contributed by atoms with Crippen molar-refractivity contribution in [3.63, 3.8) is 0 Å². The first-order valence-corrected chi connectivity index (χ1v) is 7.32. The summed E-state index contributed by atoms with van der Waals surface area (Å²) >= 11 is 0. The molecule has 0 radical (unpaired) electrons. The zero-order valence-corrected chi connectivity index (χ0v) is 12.9. The maximum atomic E-state index is 11.8. The Balaban J connectivity index is 2.21. The molecule has 0 saturated heterocycles. The molecule has 116 valence electrons. The molecule has 6 nitrogen and oxygen atoms in total. The Labute approximate surface area is 133 Å². The summed E-state index contributed by atoms with van der Waals surface area (Å²) < 4.78 is 7.16. The van der Waals surface area contributed by atoms with E-state index in [0.29, 0.717) is 29.4 Å². The van der Waals surface area contributed by atoms with Gasteiger partial charge in [-0.1, -0.05) is 37.3 Å². The van der Waals surface area contributed by atoms with Crippen molar-refractivity contribution in [1.29, 1.82) is 0 Å². The van der Waals surface area contributed by atoms with Crippen molar-refractivity contribution in [2.45, 2.75) is 20.3 Å². The third-order valence-corrected chi connectivity index (χ3v) is 3.32. The number of hydrogen-bond donors (Lipinski definition) is 0. The third-order valence-electron chi connectivity index (χ3n) is 3.32. The molecule has 0 aliphatic carbocycles. The molecule has 0 unspecified atom stereocenters. The van der Waals surface area contributed by atoms with Gasteiger partial charge in [0.25, 0.3) is 0 Å². The van der Waals surface area contributed by atoms with Crippen LogP contribution in [0.15, 0.2) is 48.9 Å². The monoisotopic (exact) mass is 308 g/mol. The molecule has 0 fully saturated rings. The minimum Gasteiger partial charge on any atom is -0.422 e. The van der Waals surface area contributed by atoms with Gasteiger partial charge in [-0.25, -0.2) is 9.67 Å². The predicted molar refractivity (Wildman–Crippen MR) is 85.3 cm³/mol. The molecule has 3 aromatic rings. The Kier molecular flexibility index (Phi) is 4.14. The van der Waals surface area contributed by atoms with E-state index in [2.05, 4.69) is 15.1 Å². The molecule has 23 heavy (non-hydrogen) atoms. The number of aryl methyl sites for hydroxylation is 1. The summed E-state index contributed by atoms with van der Waals surface area (Å²) in [5, 5.41) is 4.48. The van der Waals surface area contributed by atoms with Crippen LogP contribution in [0.3, 0.4) is 0 Å². The number of aromatic nitrogens is 4. The lowest BCUT2D eigenvalue weighted by Gasteiger charge is -2.09. The molecule has 0 N–H and O–H groups in total. The van der Waals surface area contributed by atoms with E-state index in [-0.39, 0.29) is 5.97 Å². The van der Waals surface area contributed by atoms with Crippen LogP contribution >= 0.6 is 0 Å². The first-order chi connectivity index (χ1) is 11.2. The lowest BCUT2D eigenvalue weighted by atomic mass is 10.1. The van der Waals surface area contributed by atoms with E-state index in [0.717, 1.165) is 5.56 Å². The average molecular weight is 308 g/mol. The number of nitrogens with zero attached hydrogens (tertiary/aromatic N) is 4. The van der Waals surface area contributed by atoms with E-state index in [1.165, 1.54) is 0 Å². The largest absolute Gasteiger partial charge is 0.422 e. The molecule has 3 rings (SSSR count). The third kappa shape index (κ3) is 2.96. The molecule has 2 heterocycles. The molecule has 6 heteroatoms. The van der Waals surface area contributed by atoms with Gasteiger partial charge in [-0.2, -0.15) is 5.10 Å². The number of ether oxygens (including phenoxy) is 1. The summed E-state index contributed by atoms with van der Waals surface area (Å²) in [6.45, 7) is 3.56. The number of rotatable bonds is 4. The second-order valence-electron chi connectivity index (χ2n) is 4.93. The van der Waals surface area contributed by atoms with E-state index >= 15 is 0 Å². The van der Waals surface area contributed by atoms with Gasteiger partial charge in [-0.3, -0.25) is 9.78 Å². The number of carbonyl (C=O) groups excluding carboxylic acids is 1. The van der Waals surface area contributed by atoms with Gasteiger partial charge < -0.3 is 4.74 Å². The molecule has 0 atom stereocenters. The Morgan fingerprint density at radius 3 is 2.65 bits per heavy atom. The highest BCUT2D eigenvalue weighted by molar-refractivity contribution is 5.77. The number of esters is 1. The van der Waals surface area contributed by atoms with Gasteiger partial charge in [0.15, 0.2) is 11.6 Å². The van der Waals surface area contributed by atoms with Gasteiger partial charge in [0.05, 0.1) is 6.20 Å². The summed E-state index contributed by atoms with van der Waals surface area (Å²) in [6.07, 6.45) is 5.10. The average Bonchev–Trinajstić information content (AvgIpc) is 2.93. The Hall–Kier alpha value is -3.02. The molecule has 0 bridgehead atoms. The second-order valence-corrected chi connectivity index (χ2v) is 4.93. The highest BCUT2D eigenvalue weighted by atomic mass is 16.5. The standard InChI is InChI=1S/C17H16N4O2/c1-3-15(22)23-17-12(2)20-21(14-11-18-9-10-19-14)16(17)13-7-5-4-6-8-13/h4-11H,3H2,1-2H3.